The molecule has 0 saturated carbocycles. The van der Waals surface area contributed by atoms with Crippen LogP contribution in [-0.2, 0) is 9.59 Å². The molecule has 7 heteroatoms. The number of para-hydroxylation sites is 1. The molecule has 0 spiro atoms. The monoisotopic (exact) mass is 239 g/mol. The van der Waals surface area contributed by atoms with Gasteiger partial charge >= 0.3 is 13.1 Å². The summed E-state index contributed by atoms with van der Waals surface area (Å²) in [6, 6.07) is 8.72. The minimum atomic E-state index is -1.17. The summed E-state index contributed by atoms with van der Waals surface area (Å²) in [5.41, 5.74) is 0.605. The fourth-order valence-electron chi connectivity index (χ4n) is 0.864. The number of hydrogen-bond acceptors (Lipinski definition) is 4. The van der Waals surface area contributed by atoms with Gasteiger partial charge in [-0.1, -0.05) is 18.2 Å². The lowest BCUT2D eigenvalue weighted by Gasteiger charge is -2.01. The molecule has 0 saturated heterocycles. The molecule has 1 aromatic rings. The van der Waals surface area contributed by atoms with E-state index in [4.69, 9.17) is 15.2 Å². The molecule has 0 radical (unpaired) electrons. The number of carboxylic acids is 1. The molecule has 0 atom stereocenters. The third kappa shape index (κ3) is 10.4. The first-order valence-corrected chi connectivity index (χ1v) is 4.84. The van der Waals surface area contributed by atoms with Crippen LogP contribution in [0.15, 0.2) is 30.3 Å². The van der Waals surface area contributed by atoms with E-state index in [9.17, 15) is 9.59 Å². The molecule has 1 rings (SSSR count). The fourth-order valence-corrected chi connectivity index (χ4v) is 0.864. The van der Waals surface area contributed by atoms with Crippen LogP contribution in [-0.4, -0.2) is 34.1 Å². The van der Waals surface area contributed by atoms with Gasteiger partial charge in [-0.3, -0.25) is 9.59 Å². The number of amides is 1. The summed E-state index contributed by atoms with van der Waals surface area (Å²) in [5, 5.41) is 26.0. The third-order valence-electron chi connectivity index (χ3n) is 1.37. The van der Waals surface area contributed by atoms with Crippen LogP contribution >= 0.6 is 0 Å². The second kappa shape index (κ2) is 8.31. The maximum absolute atomic E-state index is 10.9. The van der Waals surface area contributed by atoms with Gasteiger partial charge in [-0.25, -0.2) is 0 Å². The number of anilines is 1. The molecule has 92 valence electrons. The molecule has 0 aliphatic carbocycles. The van der Waals surface area contributed by atoms with Crippen molar-refractivity contribution < 1.29 is 24.7 Å². The van der Waals surface area contributed by atoms with E-state index in [1.54, 1.807) is 24.3 Å². The number of carboxylic acid groups (broad SMARTS) is 1. The lowest BCUT2D eigenvalue weighted by atomic mass is 9.99. The van der Waals surface area contributed by atoms with Crippen molar-refractivity contribution in [3.63, 3.8) is 0 Å². The van der Waals surface area contributed by atoms with Crippen molar-refractivity contribution in [2.45, 2.75) is 13.2 Å². The minimum Gasteiger partial charge on any atom is -0.481 e. The average molecular weight is 239 g/mol. The van der Waals surface area contributed by atoms with E-state index in [2.05, 4.69) is 5.32 Å². The number of hydrogen-bond donors (Lipinski definition) is 4. The fraction of sp³-hybridized carbons (Fsp3) is 0.200. The zero-order valence-electron chi connectivity index (χ0n) is 9.33. The van der Waals surface area contributed by atoms with E-state index in [0.717, 1.165) is 0 Å². The van der Waals surface area contributed by atoms with Crippen molar-refractivity contribution in [2.75, 3.05) is 5.32 Å². The van der Waals surface area contributed by atoms with Gasteiger partial charge in [0.25, 0.3) is 0 Å². The van der Waals surface area contributed by atoms with E-state index in [1.807, 2.05) is 6.07 Å². The molecular formula is C10H14BNO5. The lowest BCUT2D eigenvalue weighted by molar-refractivity contribution is -0.139. The Balaban J connectivity index is 0.000000557. The van der Waals surface area contributed by atoms with Gasteiger partial charge in [0.15, 0.2) is 0 Å². The maximum atomic E-state index is 10.9. The van der Waals surface area contributed by atoms with E-state index in [-0.39, 0.29) is 0 Å². The van der Waals surface area contributed by atoms with Crippen molar-refractivity contribution in [2.24, 2.45) is 0 Å². The molecule has 1 amide bonds. The zero-order valence-corrected chi connectivity index (χ0v) is 9.33. The predicted octanol–water partition coefficient (Wildman–Crippen LogP) is 0.189. The molecule has 0 bridgehead atoms. The van der Waals surface area contributed by atoms with E-state index in [0.29, 0.717) is 5.69 Å². The molecule has 4 N–H and O–H groups in total. The number of rotatable bonds is 3. The molecular weight excluding hydrogens is 225 g/mol. The average Bonchev–Trinajstić information content (AvgIpc) is 2.16. The number of aliphatic carboxylic acids is 1. The quantitative estimate of drug-likeness (QED) is 0.445. The summed E-state index contributed by atoms with van der Waals surface area (Å²) in [6.45, 7) is 1.28. The summed E-state index contributed by atoms with van der Waals surface area (Å²) < 4.78 is 0. The Morgan fingerprint density at radius 1 is 1.24 bits per heavy atom. The smallest absolute Gasteiger partial charge is 0.448 e. The van der Waals surface area contributed by atoms with Gasteiger partial charge in [-0.15, -0.1) is 0 Å². The minimum absolute atomic E-state index is 0.505. The first-order chi connectivity index (χ1) is 7.91. The van der Waals surface area contributed by atoms with Crippen LogP contribution in [0.25, 0.3) is 0 Å². The molecule has 0 aromatic heterocycles. The van der Waals surface area contributed by atoms with Gasteiger partial charge in [0, 0.05) is 5.69 Å². The second-order valence-electron chi connectivity index (χ2n) is 3.12. The van der Waals surface area contributed by atoms with Crippen molar-refractivity contribution in [1.29, 1.82) is 0 Å². The first-order valence-electron chi connectivity index (χ1n) is 4.84. The lowest BCUT2D eigenvalue weighted by Crippen LogP contribution is -2.15. The second-order valence-corrected chi connectivity index (χ2v) is 3.12. The van der Waals surface area contributed by atoms with E-state index >= 15 is 0 Å². The topological polar surface area (TPSA) is 107 Å². The number of carbonyl (C=O) groups is 2. The summed E-state index contributed by atoms with van der Waals surface area (Å²) in [6.07, 6.45) is -0.505. The van der Waals surface area contributed by atoms with Crippen LogP contribution in [0.3, 0.4) is 0 Å². The van der Waals surface area contributed by atoms with Crippen LogP contribution in [0, 0.1) is 0 Å². The van der Waals surface area contributed by atoms with Gasteiger partial charge in [0.2, 0.25) is 5.91 Å². The molecule has 0 fully saturated rings. The van der Waals surface area contributed by atoms with Crippen LogP contribution < -0.4 is 5.32 Å². The summed E-state index contributed by atoms with van der Waals surface area (Å²) in [4.78, 5) is 21.1. The highest BCUT2D eigenvalue weighted by molar-refractivity contribution is 6.38. The molecule has 0 aliphatic rings. The van der Waals surface area contributed by atoms with E-state index < -0.39 is 25.4 Å². The van der Waals surface area contributed by atoms with E-state index in [1.165, 1.54) is 6.82 Å². The van der Waals surface area contributed by atoms with Crippen LogP contribution in [0.2, 0.25) is 6.82 Å². The van der Waals surface area contributed by atoms with Gasteiger partial charge in [-0.2, -0.15) is 0 Å². The Bertz CT molecular complexity index is 352. The Morgan fingerprint density at radius 2 is 1.71 bits per heavy atom. The Hall–Kier alpha value is -1.86. The van der Waals surface area contributed by atoms with Crippen molar-refractivity contribution in [3.05, 3.63) is 30.3 Å². The standard InChI is InChI=1S/C9H9NO3.CH5BO2/c11-8(6-9(12)13)10-7-4-2-1-3-5-7;1-2(3)4/h1-5H,6H2,(H,10,11)(H,12,13);3-4H,1H3. The molecule has 0 aliphatic heterocycles. The highest BCUT2D eigenvalue weighted by atomic mass is 16.4. The summed E-state index contributed by atoms with van der Waals surface area (Å²) in [7, 11) is -1.17. The molecule has 6 nitrogen and oxygen atoms in total. The Morgan fingerprint density at radius 3 is 2.12 bits per heavy atom. The molecule has 1 aromatic carbocycles. The van der Waals surface area contributed by atoms with Crippen LogP contribution in [0.4, 0.5) is 5.69 Å². The molecule has 0 unspecified atom stereocenters. The van der Waals surface area contributed by atoms with Crippen molar-refractivity contribution >= 4 is 24.7 Å². The SMILES string of the molecule is CB(O)O.O=C(O)CC(=O)Nc1ccccc1. The highest BCUT2D eigenvalue weighted by Gasteiger charge is 2.06. The third-order valence-corrected chi connectivity index (χ3v) is 1.37. The normalized spacial score (nSPS) is 8.65. The Kier molecular flexibility index (Phi) is 7.41. The van der Waals surface area contributed by atoms with Crippen molar-refractivity contribution in [3.8, 4) is 0 Å². The summed E-state index contributed by atoms with van der Waals surface area (Å²) >= 11 is 0. The van der Waals surface area contributed by atoms with Gasteiger partial charge in [0.05, 0.1) is 0 Å². The first kappa shape index (κ1) is 15.1. The molecule has 17 heavy (non-hydrogen) atoms. The number of carbonyl (C=O) groups excluding carboxylic acids is 1. The largest absolute Gasteiger partial charge is 0.481 e. The van der Waals surface area contributed by atoms with Gasteiger partial charge in [-0.05, 0) is 19.0 Å². The van der Waals surface area contributed by atoms with Crippen molar-refractivity contribution in [1.82, 2.24) is 0 Å². The zero-order chi connectivity index (χ0) is 13.3. The highest BCUT2D eigenvalue weighted by Crippen LogP contribution is 2.04. The predicted molar refractivity (Wildman–Crippen MR) is 63.4 cm³/mol. The number of nitrogens with one attached hydrogen (secondary N) is 1. The van der Waals surface area contributed by atoms with Crippen LogP contribution in [0.1, 0.15) is 6.42 Å². The summed E-state index contributed by atoms with van der Waals surface area (Å²) in [5.74, 6) is -1.65. The number of benzene rings is 1. The van der Waals surface area contributed by atoms with Crippen LogP contribution in [0.5, 0.6) is 0 Å². The van der Waals surface area contributed by atoms with Gasteiger partial charge < -0.3 is 20.5 Å². The Labute approximate surface area is 99.0 Å². The maximum Gasteiger partial charge on any atom is 0.448 e. The molecule has 0 heterocycles. The van der Waals surface area contributed by atoms with Gasteiger partial charge in [0.1, 0.15) is 6.42 Å².